The first-order valence-corrected chi connectivity index (χ1v) is 7.69. The van der Waals surface area contributed by atoms with Crippen LogP contribution >= 0.6 is 0 Å². The SMILES string of the molecule is C=CCN(Cc1ccccc1OC)C(=O)c1nc2ccccc2[nH]1. The van der Waals surface area contributed by atoms with Crippen molar-refractivity contribution in [2.45, 2.75) is 6.54 Å². The summed E-state index contributed by atoms with van der Waals surface area (Å²) in [7, 11) is 1.62. The molecule has 0 saturated carbocycles. The Morgan fingerprint density at radius 1 is 1.25 bits per heavy atom. The van der Waals surface area contributed by atoms with E-state index in [1.54, 1.807) is 18.1 Å². The smallest absolute Gasteiger partial charge is 0.290 e. The average Bonchev–Trinajstić information content (AvgIpc) is 3.05. The van der Waals surface area contributed by atoms with Crippen molar-refractivity contribution in [2.75, 3.05) is 13.7 Å². The zero-order chi connectivity index (χ0) is 16.9. The third-order valence-corrected chi connectivity index (χ3v) is 3.78. The fourth-order valence-corrected chi connectivity index (χ4v) is 2.62. The molecule has 0 atom stereocenters. The molecule has 0 fully saturated rings. The Kier molecular flexibility index (Phi) is 4.61. The number of fused-ring (bicyclic) bond motifs is 1. The van der Waals surface area contributed by atoms with Crippen molar-refractivity contribution in [3.05, 3.63) is 72.6 Å². The summed E-state index contributed by atoms with van der Waals surface area (Å²) in [5.41, 5.74) is 2.56. The van der Waals surface area contributed by atoms with Gasteiger partial charge in [-0.15, -0.1) is 6.58 Å². The molecule has 0 aliphatic heterocycles. The van der Waals surface area contributed by atoms with Gasteiger partial charge in [-0.3, -0.25) is 4.79 Å². The van der Waals surface area contributed by atoms with Crippen LogP contribution in [0.4, 0.5) is 0 Å². The molecule has 0 aliphatic carbocycles. The monoisotopic (exact) mass is 321 g/mol. The number of aromatic amines is 1. The van der Waals surface area contributed by atoms with Crippen molar-refractivity contribution in [1.29, 1.82) is 0 Å². The lowest BCUT2D eigenvalue weighted by atomic mass is 10.2. The van der Waals surface area contributed by atoms with E-state index >= 15 is 0 Å². The highest BCUT2D eigenvalue weighted by Gasteiger charge is 2.20. The molecule has 5 nitrogen and oxygen atoms in total. The van der Waals surface area contributed by atoms with Gasteiger partial charge in [-0.2, -0.15) is 0 Å². The predicted molar refractivity (Wildman–Crippen MR) is 94.0 cm³/mol. The lowest BCUT2D eigenvalue weighted by molar-refractivity contribution is 0.0751. The minimum absolute atomic E-state index is 0.169. The highest BCUT2D eigenvalue weighted by atomic mass is 16.5. The first kappa shape index (κ1) is 15.8. The molecule has 0 unspecified atom stereocenters. The van der Waals surface area contributed by atoms with E-state index < -0.39 is 0 Å². The van der Waals surface area contributed by atoms with Gasteiger partial charge in [-0.1, -0.05) is 36.4 Å². The quantitative estimate of drug-likeness (QED) is 0.708. The number of para-hydroxylation sites is 3. The number of nitrogens with zero attached hydrogens (tertiary/aromatic N) is 2. The summed E-state index contributed by atoms with van der Waals surface area (Å²) in [6.07, 6.45) is 1.70. The van der Waals surface area contributed by atoms with Crippen LogP contribution in [-0.4, -0.2) is 34.4 Å². The van der Waals surface area contributed by atoms with Gasteiger partial charge in [0.05, 0.1) is 24.7 Å². The van der Waals surface area contributed by atoms with Crippen molar-refractivity contribution < 1.29 is 9.53 Å². The van der Waals surface area contributed by atoms with Gasteiger partial charge in [0.15, 0.2) is 5.82 Å². The Morgan fingerprint density at radius 3 is 2.75 bits per heavy atom. The van der Waals surface area contributed by atoms with Gasteiger partial charge in [0.2, 0.25) is 0 Å². The number of amides is 1. The molecule has 3 aromatic rings. The first-order chi connectivity index (χ1) is 11.7. The fraction of sp³-hybridized carbons (Fsp3) is 0.158. The van der Waals surface area contributed by atoms with Gasteiger partial charge in [0.1, 0.15) is 5.75 Å². The highest BCUT2D eigenvalue weighted by molar-refractivity contribution is 5.94. The molecule has 3 rings (SSSR count). The second-order valence-electron chi connectivity index (χ2n) is 5.39. The molecular weight excluding hydrogens is 302 g/mol. The number of H-pyrrole nitrogens is 1. The molecule has 0 bridgehead atoms. The largest absolute Gasteiger partial charge is 0.496 e. The van der Waals surface area contributed by atoms with Gasteiger partial charge in [-0.25, -0.2) is 4.98 Å². The molecular formula is C19H19N3O2. The Balaban J connectivity index is 1.89. The van der Waals surface area contributed by atoms with E-state index in [-0.39, 0.29) is 5.91 Å². The van der Waals surface area contributed by atoms with Crippen LogP contribution in [-0.2, 0) is 6.54 Å². The van der Waals surface area contributed by atoms with E-state index in [1.807, 2.05) is 48.5 Å². The lowest BCUT2D eigenvalue weighted by Crippen LogP contribution is -2.31. The van der Waals surface area contributed by atoms with Crippen molar-refractivity contribution >= 4 is 16.9 Å². The minimum atomic E-state index is -0.169. The number of benzene rings is 2. The standard InChI is InChI=1S/C19H19N3O2/c1-3-12-22(13-14-8-4-7-11-17(14)24-2)19(23)18-20-15-9-5-6-10-16(15)21-18/h3-11H,1,12-13H2,2H3,(H,20,21). The number of imidazole rings is 1. The number of nitrogens with one attached hydrogen (secondary N) is 1. The number of carbonyl (C=O) groups is 1. The van der Waals surface area contributed by atoms with Crippen LogP contribution in [0.15, 0.2) is 61.2 Å². The summed E-state index contributed by atoms with van der Waals surface area (Å²) in [4.78, 5) is 22.0. The van der Waals surface area contributed by atoms with E-state index in [0.29, 0.717) is 18.9 Å². The summed E-state index contributed by atoms with van der Waals surface area (Å²) in [6.45, 7) is 4.59. The Bertz CT molecular complexity index is 837. The lowest BCUT2D eigenvalue weighted by Gasteiger charge is -2.21. The van der Waals surface area contributed by atoms with Gasteiger partial charge in [0.25, 0.3) is 5.91 Å². The van der Waals surface area contributed by atoms with E-state index in [1.165, 1.54) is 0 Å². The van der Waals surface area contributed by atoms with Crippen LogP contribution in [0.25, 0.3) is 11.0 Å². The maximum Gasteiger partial charge on any atom is 0.290 e. The Labute approximate surface area is 140 Å². The average molecular weight is 321 g/mol. The molecule has 1 heterocycles. The number of hydrogen-bond donors (Lipinski definition) is 1. The molecule has 0 radical (unpaired) electrons. The molecule has 0 spiro atoms. The maximum absolute atomic E-state index is 12.9. The molecule has 5 heteroatoms. The second kappa shape index (κ2) is 7.00. The van der Waals surface area contributed by atoms with Crippen LogP contribution in [0.5, 0.6) is 5.75 Å². The van der Waals surface area contributed by atoms with Gasteiger partial charge >= 0.3 is 0 Å². The van der Waals surface area contributed by atoms with Crippen LogP contribution in [0, 0.1) is 0 Å². The topological polar surface area (TPSA) is 58.2 Å². The number of hydrogen-bond acceptors (Lipinski definition) is 3. The van der Waals surface area contributed by atoms with Crippen molar-refractivity contribution in [3.8, 4) is 5.75 Å². The predicted octanol–water partition coefficient (Wildman–Crippen LogP) is 3.40. The summed E-state index contributed by atoms with van der Waals surface area (Å²) >= 11 is 0. The number of ether oxygens (including phenoxy) is 1. The van der Waals surface area contributed by atoms with Crippen LogP contribution in [0.1, 0.15) is 16.2 Å². The first-order valence-electron chi connectivity index (χ1n) is 7.69. The number of aromatic nitrogens is 2. The van der Waals surface area contributed by atoms with Crippen LogP contribution in [0.2, 0.25) is 0 Å². The molecule has 1 amide bonds. The van der Waals surface area contributed by atoms with Gasteiger partial charge in [0, 0.05) is 12.1 Å². The minimum Gasteiger partial charge on any atom is -0.496 e. The normalized spacial score (nSPS) is 10.5. The summed E-state index contributed by atoms with van der Waals surface area (Å²) in [5, 5.41) is 0. The van der Waals surface area contributed by atoms with Crippen LogP contribution in [0.3, 0.4) is 0 Å². The van der Waals surface area contributed by atoms with E-state index in [2.05, 4.69) is 16.5 Å². The molecule has 1 N–H and O–H groups in total. The molecule has 0 aliphatic rings. The van der Waals surface area contributed by atoms with Gasteiger partial charge in [-0.05, 0) is 18.2 Å². The molecule has 122 valence electrons. The summed E-state index contributed by atoms with van der Waals surface area (Å²) in [5.74, 6) is 0.911. The maximum atomic E-state index is 12.9. The Morgan fingerprint density at radius 2 is 2.00 bits per heavy atom. The van der Waals surface area contributed by atoms with Crippen molar-refractivity contribution in [1.82, 2.24) is 14.9 Å². The summed E-state index contributed by atoms with van der Waals surface area (Å²) in [6, 6.07) is 15.2. The fourth-order valence-electron chi connectivity index (χ4n) is 2.62. The van der Waals surface area contributed by atoms with E-state index in [9.17, 15) is 4.79 Å². The molecule has 2 aromatic carbocycles. The van der Waals surface area contributed by atoms with Crippen LogP contribution < -0.4 is 4.74 Å². The van der Waals surface area contributed by atoms with Crippen molar-refractivity contribution in [2.24, 2.45) is 0 Å². The number of rotatable bonds is 6. The zero-order valence-electron chi connectivity index (χ0n) is 13.5. The van der Waals surface area contributed by atoms with Crippen molar-refractivity contribution in [3.63, 3.8) is 0 Å². The highest BCUT2D eigenvalue weighted by Crippen LogP contribution is 2.20. The zero-order valence-corrected chi connectivity index (χ0v) is 13.5. The summed E-state index contributed by atoms with van der Waals surface area (Å²) < 4.78 is 5.37. The number of methoxy groups -OCH3 is 1. The number of carbonyl (C=O) groups excluding carboxylic acids is 1. The second-order valence-corrected chi connectivity index (χ2v) is 5.39. The Hall–Kier alpha value is -3.08. The third kappa shape index (κ3) is 3.15. The molecule has 0 saturated heterocycles. The molecule has 24 heavy (non-hydrogen) atoms. The molecule has 1 aromatic heterocycles. The third-order valence-electron chi connectivity index (χ3n) is 3.78. The van der Waals surface area contributed by atoms with E-state index in [4.69, 9.17) is 4.74 Å². The van der Waals surface area contributed by atoms with Gasteiger partial charge < -0.3 is 14.6 Å². The van der Waals surface area contributed by atoms with E-state index in [0.717, 1.165) is 22.3 Å².